The van der Waals surface area contributed by atoms with Gasteiger partial charge < -0.3 is 8.23 Å². The summed E-state index contributed by atoms with van der Waals surface area (Å²) in [7, 11) is -4.34. The van der Waals surface area contributed by atoms with Gasteiger partial charge in [-0.15, -0.1) is 26.3 Å². The molecule has 1 aliphatic heterocycles. The minimum Gasteiger partial charge on any atom is -0.406 e. The Labute approximate surface area is 81.4 Å². The first-order valence-corrected chi connectivity index (χ1v) is 8.15. The Morgan fingerprint density at radius 2 is 1.46 bits per heavy atom. The first-order valence-electron chi connectivity index (χ1n) is 4.08. The summed E-state index contributed by atoms with van der Waals surface area (Å²) in [6.07, 6.45) is 1.80. The maximum absolute atomic E-state index is 5.83. The second-order valence-corrected chi connectivity index (χ2v) is 9.18. The summed E-state index contributed by atoms with van der Waals surface area (Å²) >= 11 is 0. The van der Waals surface area contributed by atoms with Gasteiger partial charge in [0.1, 0.15) is 0 Å². The van der Waals surface area contributed by atoms with Crippen molar-refractivity contribution in [2.24, 2.45) is 0 Å². The maximum Gasteiger partial charge on any atom is 0.373 e. The number of allylic oxidation sites excluding steroid dienone is 1. The molecule has 0 unspecified atom stereocenters. The Balaban J connectivity index is 2.71. The molecule has 0 atom stereocenters. The number of rotatable bonds is 5. The van der Waals surface area contributed by atoms with Crippen molar-refractivity contribution < 1.29 is 8.23 Å². The molecule has 0 aromatic rings. The third kappa shape index (κ3) is 1.66. The third-order valence-corrected chi connectivity index (χ3v) is 9.91. The van der Waals surface area contributed by atoms with Gasteiger partial charge in [-0.25, -0.2) is 0 Å². The monoisotopic (exact) mass is 210 g/mol. The summed E-state index contributed by atoms with van der Waals surface area (Å²) in [4.78, 5) is 0. The van der Waals surface area contributed by atoms with E-state index in [-0.39, 0.29) is 0 Å². The molecule has 0 aromatic carbocycles. The fraction of sp³-hybridized carbons (Fsp3) is 0.111. The molecule has 13 heavy (non-hydrogen) atoms. The normalized spacial score (nSPS) is 22.5. The molecule has 0 aromatic heterocycles. The van der Waals surface area contributed by atoms with E-state index in [1.807, 2.05) is 0 Å². The Morgan fingerprint density at radius 1 is 0.923 bits per heavy atom. The molecule has 1 aliphatic rings. The van der Waals surface area contributed by atoms with Crippen LogP contribution < -0.4 is 0 Å². The van der Waals surface area contributed by atoms with E-state index in [0.717, 1.165) is 6.04 Å². The predicted octanol–water partition coefficient (Wildman–Crippen LogP) is 2.28. The van der Waals surface area contributed by atoms with Gasteiger partial charge in [0, 0.05) is 6.04 Å². The quantitative estimate of drug-likeness (QED) is 0.512. The van der Waals surface area contributed by atoms with E-state index in [4.69, 9.17) is 8.23 Å². The Kier molecular flexibility index (Phi) is 2.87. The fourth-order valence-electron chi connectivity index (χ4n) is 1.25. The van der Waals surface area contributed by atoms with Crippen molar-refractivity contribution in [3.05, 3.63) is 49.5 Å². The smallest absolute Gasteiger partial charge is 0.373 e. The number of hydrogen-bond acceptors (Lipinski definition) is 2. The molecule has 1 rings (SSSR count). The average molecular weight is 210 g/mol. The van der Waals surface area contributed by atoms with E-state index < -0.39 is 17.1 Å². The van der Waals surface area contributed by atoms with Crippen molar-refractivity contribution in [2.75, 3.05) is 0 Å². The number of hydrogen-bond donors (Lipinski definition) is 0. The molecule has 0 radical (unpaired) electrons. The maximum atomic E-state index is 5.83. The van der Waals surface area contributed by atoms with Gasteiger partial charge in [0.25, 0.3) is 0 Å². The van der Waals surface area contributed by atoms with Gasteiger partial charge >= 0.3 is 17.1 Å². The van der Waals surface area contributed by atoms with Gasteiger partial charge in [0.05, 0.1) is 0 Å². The molecular weight excluding hydrogens is 196 g/mol. The first kappa shape index (κ1) is 10.4. The van der Waals surface area contributed by atoms with E-state index in [0.29, 0.717) is 0 Å². The molecule has 2 nitrogen and oxygen atoms in total. The van der Waals surface area contributed by atoms with E-state index in [1.54, 1.807) is 23.2 Å². The van der Waals surface area contributed by atoms with Crippen molar-refractivity contribution in [1.82, 2.24) is 0 Å². The SMILES string of the molecule is C=CC[Si]1(C=C)O[Si](C=C)(C=C)O1. The summed E-state index contributed by atoms with van der Waals surface area (Å²) in [5.74, 6) is 0. The van der Waals surface area contributed by atoms with Crippen molar-refractivity contribution >= 4 is 17.1 Å². The van der Waals surface area contributed by atoms with Crippen LogP contribution in [-0.2, 0) is 8.23 Å². The van der Waals surface area contributed by atoms with Crippen LogP contribution in [-0.4, -0.2) is 17.1 Å². The van der Waals surface area contributed by atoms with Crippen LogP contribution in [0.2, 0.25) is 6.04 Å². The molecule has 1 saturated heterocycles. The highest BCUT2D eigenvalue weighted by atomic mass is 28.5. The standard InChI is InChI=1S/C9H14O2Si2/c1-5-9-13(8-4)10-12(6-2,7-3)11-13/h5-8H,1-4,9H2. The van der Waals surface area contributed by atoms with Crippen LogP contribution in [0.3, 0.4) is 0 Å². The highest BCUT2D eigenvalue weighted by molar-refractivity contribution is 7.01. The molecule has 1 heterocycles. The van der Waals surface area contributed by atoms with E-state index >= 15 is 0 Å². The van der Waals surface area contributed by atoms with Crippen molar-refractivity contribution in [3.63, 3.8) is 0 Å². The summed E-state index contributed by atoms with van der Waals surface area (Å²) < 4.78 is 11.7. The van der Waals surface area contributed by atoms with Gasteiger partial charge in [0.2, 0.25) is 0 Å². The highest BCUT2D eigenvalue weighted by Gasteiger charge is 2.57. The van der Waals surface area contributed by atoms with Crippen molar-refractivity contribution in [1.29, 1.82) is 0 Å². The minimum absolute atomic E-state index is 0.743. The Morgan fingerprint density at radius 3 is 1.77 bits per heavy atom. The van der Waals surface area contributed by atoms with Gasteiger partial charge in [-0.3, -0.25) is 0 Å². The molecule has 0 spiro atoms. The van der Waals surface area contributed by atoms with Crippen LogP contribution in [0, 0.1) is 0 Å². The van der Waals surface area contributed by atoms with Gasteiger partial charge in [-0.05, 0) is 11.4 Å². The summed E-state index contributed by atoms with van der Waals surface area (Å²) in [5.41, 5.74) is 5.25. The van der Waals surface area contributed by atoms with E-state index in [1.165, 1.54) is 0 Å². The zero-order valence-electron chi connectivity index (χ0n) is 7.66. The zero-order valence-corrected chi connectivity index (χ0v) is 9.66. The van der Waals surface area contributed by atoms with Gasteiger partial charge in [0.15, 0.2) is 0 Å². The lowest BCUT2D eigenvalue weighted by molar-refractivity contribution is 0.251. The molecule has 4 heteroatoms. The molecule has 1 fully saturated rings. The summed E-state index contributed by atoms with van der Waals surface area (Å²) in [6, 6.07) is 0.743. The van der Waals surface area contributed by atoms with Gasteiger partial charge in [-0.1, -0.05) is 11.8 Å². The zero-order chi connectivity index (χ0) is 9.95. The molecule has 0 bridgehead atoms. The largest absolute Gasteiger partial charge is 0.406 e. The lowest BCUT2D eigenvalue weighted by atomic mass is 10.8. The second kappa shape index (κ2) is 3.59. The molecular formula is C9H14O2Si2. The van der Waals surface area contributed by atoms with Gasteiger partial charge in [-0.2, -0.15) is 0 Å². The molecule has 0 N–H and O–H groups in total. The summed E-state index contributed by atoms with van der Waals surface area (Å²) in [5, 5.41) is 0. The van der Waals surface area contributed by atoms with Crippen molar-refractivity contribution in [3.8, 4) is 0 Å². The molecule has 0 amide bonds. The second-order valence-electron chi connectivity index (χ2n) is 2.84. The first-order chi connectivity index (χ1) is 6.16. The fourth-order valence-corrected chi connectivity index (χ4v) is 9.03. The molecule has 0 aliphatic carbocycles. The van der Waals surface area contributed by atoms with E-state index in [9.17, 15) is 0 Å². The Bertz CT molecular complexity index is 244. The van der Waals surface area contributed by atoms with Crippen LogP contribution in [0.25, 0.3) is 0 Å². The lowest BCUT2D eigenvalue weighted by Crippen LogP contribution is -2.68. The molecule has 0 saturated carbocycles. The van der Waals surface area contributed by atoms with Crippen LogP contribution >= 0.6 is 0 Å². The highest BCUT2D eigenvalue weighted by Crippen LogP contribution is 2.35. The lowest BCUT2D eigenvalue weighted by Gasteiger charge is -2.48. The third-order valence-electron chi connectivity index (χ3n) is 1.97. The van der Waals surface area contributed by atoms with Crippen LogP contribution in [0.1, 0.15) is 0 Å². The Hall–Kier alpha value is -0.686. The average Bonchev–Trinajstić information content (AvgIpc) is 2.11. The molecule has 70 valence electrons. The minimum atomic E-state index is -2.21. The predicted molar refractivity (Wildman–Crippen MR) is 59.3 cm³/mol. The van der Waals surface area contributed by atoms with Crippen LogP contribution in [0.5, 0.6) is 0 Å². The van der Waals surface area contributed by atoms with Crippen molar-refractivity contribution in [2.45, 2.75) is 6.04 Å². The van der Waals surface area contributed by atoms with Crippen LogP contribution in [0.15, 0.2) is 49.5 Å². The summed E-state index contributed by atoms with van der Waals surface area (Å²) in [6.45, 7) is 14.8. The van der Waals surface area contributed by atoms with Crippen LogP contribution in [0.4, 0.5) is 0 Å². The van der Waals surface area contributed by atoms with E-state index in [2.05, 4.69) is 26.3 Å². The topological polar surface area (TPSA) is 18.5 Å².